The molecule has 0 aliphatic carbocycles. The largest absolute Gasteiger partial charge is 0.493 e. The number of hydrogen-bond donors (Lipinski definition) is 1. The van der Waals surface area contributed by atoms with Crippen molar-refractivity contribution in [3.63, 3.8) is 0 Å². The van der Waals surface area contributed by atoms with Crippen molar-refractivity contribution in [1.29, 1.82) is 0 Å². The van der Waals surface area contributed by atoms with E-state index in [-0.39, 0.29) is 6.04 Å². The number of benzene rings is 2. The molecule has 2 aromatic carbocycles. The predicted octanol–water partition coefficient (Wildman–Crippen LogP) is 4.13. The third-order valence-electron chi connectivity index (χ3n) is 7.40. The van der Waals surface area contributed by atoms with E-state index in [1.54, 1.807) is 27.4 Å². The number of hydrogen-bond acceptors (Lipinski definition) is 10. The molecule has 2 fully saturated rings. The molecule has 2 aliphatic heterocycles. The standard InChI is InChI=1S/C30H39N5O5/c1-5-14-40-28-17-21(6-7-25(28)36-2)20-34-10-8-22(9-11-34)31-30-32-24-19-27(38-4)26(37-3)18-23(24)29(33-30)35-12-15-39-16-13-35/h5-7,17-19,22H,1,8-16,20H2,2-4H3,(H,31,32,33). The van der Waals surface area contributed by atoms with Gasteiger partial charge in [0.25, 0.3) is 0 Å². The molecule has 40 heavy (non-hydrogen) atoms. The average Bonchev–Trinajstić information content (AvgIpc) is 3.00. The summed E-state index contributed by atoms with van der Waals surface area (Å²) in [5, 5.41) is 4.57. The van der Waals surface area contributed by atoms with E-state index in [1.165, 1.54) is 5.56 Å². The van der Waals surface area contributed by atoms with E-state index in [9.17, 15) is 0 Å². The molecule has 5 rings (SSSR count). The number of fused-ring (bicyclic) bond motifs is 1. The van der Waals surface area contributed by atoms with Gasteiger partial charge in [0.05, 0.1) is 40.1 Å². The Labute approximate surface area is 235 Å². The molecule has 0 atom stereocenters. The molecule has 0 unspecified atom stereocenters. The maximum atomic E-state index is 5.79. The van der Waals surface area contributed by atoms with Crippen LogP contribution >= 0.6 is 0 Å². The van der Waals surface area contributed by atoms with Crippen molar-refractivity contribution in [3.8, 4) is 23.0 Å². The lowest BCUT2D eigenvalue weighted by Gasteiger charge is -2.33. The fraction of sp³-hybridized carbons (Fsp3) is 0.467. The third-order valence-corrected chi connectivity index (χ3v) is 7.40. The van der Waals surface area contributed by atoms with Crippen LogP contribution in [0.2, 0.25) is 0 Å². The van der Waals surface area contributed by atoms with E-state index >= 15 is 0 Å². The first-order valence-corrected chi connectivity index (χ1v) is 13.8. The number of anilines is 2. The lowest BCUT2D eigenvalue weighted by atomic mass is 10.0. The van der Waals surface area contributed by atoms with Crippen LogP contribution in [0.25, 0.3) is 10.9 Å². The number of morpholine rings is 1. The van der Waals surface area contributed by atoms with Crippen molar-refractivity contribution in [1.82, 2.24) is 14.9 Å². The van der Waals surface area contributed by atoms with Crippen LogP contribution < -0.4 is 29.2 Å². The molecule has 0 amide bonds. The van der Waals surface area contributed by atoms with E-state index in [1.807, 2.05) is 18.2 Å². The molecule has 1 aromatic heterocycles. The Morgan fingerprint density at radius 2 is 1.65 bits per heavy atom. The number of methoxy groups -OCH3 is 3. The normalized spacial score (nSPS) is 16.5. The topological polar surface area (TPSA) is 90.4 Å². The van der Waals surface area contributed by atoms with Crippen molar-refractivity contribution >= 4 is 22.7 Å². The average molecular weight is 550 g/mol. The van der Waals surface area contributed by atoms with Gasteiger partial charge in [0.1, 0.15) is 12.4 Å². The Hall–Kier alpha value is -3.76. The highest BCUT2D eigenvalue weighted by Crippen LogP contribution is 2.36. The smallest absolute Gasteiger partial charge is 0.225 e. The molecule has 10 heteroatoms. The van der Waals surface area contributed by atoms with E-state index in [4.69, 9.17) is 33.7 Å². The van der Waals surface area contributed by atoms with E-state index < -0.39 is 0 Å². The van der Waals surface area contributed by atoms with Crippen LogP contribution in [0, 0.1) is 0 Å². The van der Waals surface area contributed by atoms with Gasteiger partial charge in [-0.15, -0.1) is 0 Å². The van der Waals surface area contributed by atoms with Gasteiger partial charge in [0, 0.05) is 50.2 Å². The molecule has 0 bridgehead atoms. The Morgan fingerprint density at radius 1 is 0.925 bits per heavy atom. The highest BCUT2D eigenvalue weighted by Gasteiger charge is 2.23. The molecule has 3 heterocycles. The van der Waals surface area contributed by atoms with Crippen LogP contribution in [0.1, 0.15) is 18.4 Å². The van der Waals surface area contributed by atoms with E-state index in [2.05, 4.69) is 33.8 Å². The number of rotatable bonds is 11. The molecule has 2 saturated heterocycles. The first-order valence-electron chi connectivity index (χ1n) is 13.8. The van der Waals surface area contributed by atoms with Crippen molar-refractivity contribution in [3.05, 3.63) is 48.6 Å². The third kappa shape index (κ3) is 6.34. The molecule has 2 aliphatic rings. The lowest BCUT2D eigenvalue weighted by Crippen LogP contribution is -2.39. The van der Waals surface area contributed by atoms with Gasteiger partial charge in [-0.25, -0.2) is 4.98 Å². The van der Waals surface area contributed by atoms with Crippen molar-refractivity contribution < 1.29 is 23.7 Å². The van der Waals surface area contributed by atoms with Crippen LogP contribution in [-0.4, -0.2) is 88.2 Å². The molecule has 10 nitrogen and oxygen atoms in total. The summed E-state index contributed by atoms with van der Waals surface area (Å²) in [5.41, 5.74) is 2.02. The van der Waals surface area contributed by atoms with Crippen LogP contribution in [0.5, 0.6) is 23.0 Å². The number of aromatic nitrogens is 2. The fourth-order valence-electron chi connectivity index (χ4n) is 5.28. The van der Waals surface area contributed by atoms with Crippen molar-refractivity contribution in [2.45, 2.75) is 25.4 Å². The second-order valence-corrected chi connectivity index (χ2v) is 9.97. The van der Waals surface area contributed by atoms with Gasteiger partial charge in [-0.1, -0.05) is 18.7 Å². The highest BCUT2D eigenvalue weighted by atomic mass is 16.5. The monoisotopic (exact) mass is 549 g/mol. The summed E-state index contributed by atoms with van der Waals surface area (Å²) in [7, 11) is 4.94. The lowest BCUT2D eigenvalue weighted by molar-refractivity contribution is 0.122. The van der Waals surface area contributed by atoms with Gasteiger partial charge in [0.15, 0.2) is 23.0 Å². The molecule has 0 spiro atoms. The van der Waals surface area contributed by atoms with Gasteiger partial charge in [-0.2, -0.15) is 4.98 Å². The fourth-order valence-corrected chi connectivity index (χ4v) is 5.28. The minimum absolute atomic E-state index is 0.286. The van der Waals surface area contributed by atoms with E-state index in [0.717, 1.165) is 73.8 Å². The zero-order valence-electron chi connectivity index (χ0n) is 23.6. The summed E-state index contributed by atoms with van der Waals surface area (Å²) in [6, 6.07) is 10.3. The van der Waals surface area contributed by atoms with Crippen LogP contribution in [0.15, 0.2) is 43.0 Å². The summed E-state index contributed by atoms with van der Waals surface area (Å²) in [4.78, 5) is 14.6. The second-order valence-electron chi connectivity index (χ2n) is 9.97. The minimum atomic E-state index is 0.286. The van der Waals surface area contributed by atoms with Crippen LogP contribution in [0.3, 0.4) is 0 Å². The Balaban J connectivity index is 1.28. The SMILES string of the molecule is C=CCOc1cc(CN2CCC(Nc3nc(N4CCOCC4)c4cc(OC)c(OC)cc4n3)CC2)ccc1OC. The Morgan fingerprint density at radius 3 is 2.35 bits per heavy atom. The van der Waals surface area contributed by atoms with Crippen molar-refractivity contribution in [2.24, 2.45) is 0 Å². The van der Waals surface area contributed by atoms with Gasteiger partial charge in [-0.05, 0) is 36.6 Å². The zero-order chi connectivity index (χ0) is 27.9. The summed E-state index contributed by atoms with van der Waals surface area (Å²) in [6.45, 7) is 9.90. The van der Waals surface area contributed by atoms with Crippen molar-refractivity contribution in [2.75, 3.05) is 77.5 Å². The molecule has 1 N–H and O–H groups in total. The quantitative estimate of drug-likeness (QED) is 0.352. The van der Waals surface area contributed by atoms with E-state index in [0.29, 0.717) is 37.3 Å². The van der Waals surface area contributed by atoms with Gasteiger partial charge < -0.3 is 33.9 Å². The number of ether oxygens (including phenoxy) is 5. The molecular weight excluding hydrogens is 510 g/mol. The van der Waals surface area contributed by atoms with Gasteiger partial charge in [-0.3, -0.25) is 4.90 Å². The van der Waals surface area contributed by atoms with Gasteiger partial charge in [0.2, 0.25) is 5.95 Å². The van der Waals surface area contributed by atoms with Crippen LogP contribution in [-0.2, 0) is 11.3 Å². The minimum Gasteiger partial charge on any atom is -0.493 e. The molecule has 0 saturated carbocycles. The van der Waals surface area contributed by atoms with Gasteiger partial charge >= 0.3 is 0 Å². The second kappa shape index (κ2) is 13.1. The highest BCUT2D eigenvalue weighted by molar-refractivity contribution is 5.93. The number of likely N-dealkylation sites (tertiary alicyclic amines) is 1. The number of nitrogens with one attached hydrogen (secondary N) is 1. The summed E-state index contributed by atoms with van der Waals surface area (Å²) < 4.78 is 27.9. The first-order chi connectivity index (χ1) is 19.6. The number of nitrogens with zero attached hydrogens (tertiary/aromatic N) is 4. The molecule has 0 radical (unpaired) electrons. The zero-order valence-corrected chi connectivity index (χ0v) is 23.6. The summed E-state index contributed by atoms with van der Waals surface area (Å²) >= 11 is 0. The summed E-state index contributed by atoms with van der Waals surface area (Å²) in [6.07, 6.45) is 3.73. The molecule has 3 aromatic rings. The number of piperidine rings is 1. The molecular formula is C30H39N5O5. The Bertz CT molecular complexity index is 1310. The maximum Gasteiger partial charge on any atom is 0.225 e. The predicted molar refractivity (Wildman–Crippen MR) is 156 cm³/mol. The first kappa shape index (κ1) is 27.8. The molecule has 214 valence electrons. The summed E-state index contributed by atoms with van der Waals surface area (Å²) in [5.74, 6) is 4.32. The maximum absolute atomic E-state index is 5.79. The Kier molecular flexibility index (Phi) is 9.08. The van der Waals surface area contributed by atoms with Crippen LogP contribution in [0.4, 0.5) is 11.8 Å².